The van der Waals surface area contributed by atoms with Gasteiger partial charge in [0.1, 0.15) is 5.82 Å². The summed E-state index contributed by atoms with van der Waals surface area (Å²) in [6.45, 7) is 5.59. The van der Waals surface area contributed by atoms with Crippen LogP contribution in [0.15, 0.2) is 59.5 Å². The molecule has 2 aliphatic rings. The second-order valence-electron chi connectivity index (χ2n) is 9.53. The maximum absolute atomic E-state index is 13.0. The molecule has 1 aromatic heterocycles. The maximum Gasteiger partial charge on any atom is 0.243 e. The fourth-order valence-corrected chi connectivity index (χ4v) is 6.36. The summed E-state index contributed by atoms with van der Waals surface area (Å²) in [6.07, 6.45) is 1.77. The van der Waals surface area contributed by atoms with Crippen LogP contribution in [0.1, 0.15) is 24.0 Å². The first-order chi connectivity index (χ1) is 17.4. The Labute approximate surface area is 212 Å². The first-order valence-corrected chi connectivity index (χ1v) is 13.9. The van der Waals surface area contributed by atoms with Crippen LogP contribution in [0.3, 0.4) is 0 Å². The molecule has 3 aromatic rings. The standard InChI is InChI=1S/C27H32N4O4S/c1-20-4-2-5-21(16-20)18-28-27(32)23-6-3-11-30(19-23)26-10-7-22-17-24(8-9-25(22)29-26)36(33,34)31-12-14-35-15-13-31/h2,4-5,7-10,16-17,23H,3,6,11-15,18-19H2,1H3,(H,28,32)/t23-/m0/s1. The van der Waals surface area contributed by atoms with Gasteiger partial charge >= 0.3 is 0 Å². The van der Waals surface area contributed by atoms with E-state index < -0.39 is 10.0 Å². The average molecular weight is 509 g/mol. The summed E-state index contributed by atoms with van der Waals surface area (Å²) in [7, 11) is -3.56. The number of piperidine rings is 1. The molecule has 0 saturated carbocycles. The largest absolute Gasteiger partial charge is 0.379 e. The SMILES string of the molecule is Cc1cccc(CNC(=O)[C@H]2CCCN(c3ccc4cc(S(=O)(=O)N5CCOCC5)ccc4n3)C2)c1. The summed E-state index contributed by atoms with van der Waals surface area (Å²) in [5, 5.41) is 3.87. The van der Waals surface area contributed by atoms with Crippen molar-refractivity contribution in [2.24, 2.45) is 5.92 Å². The van der Waals surface area contributed by atoms with E-state index in [9.17, 15) is 13.2 Å². The molecule has 3 heterocycles. The number of ether oxygens (including phenoxy) is 1. The van der Waals surface area contributed by atoms with E-state index in [4.69, 9.17) is 9.72 Å². The summed E-state index contributed by atoms with van der Waals surface area (Å²) >= 11 is 0. The maximum atomic E-state index is 13.0. The summed E-state index contributed by atoms with van der Waals surface area (Å²) in [5.74, 6) is 0.782. The molecular formula is C27H32N4O4S. The average Bonchev–Trinajstić information content (AvgIpc) is 2.91. The second kappa shape index (κ2) is 10.5. The van der Waals surface area contributed by atoms with Crippen molar-refractivity contribution < 1.29 is 17.9 Å². The van der Waals surface area contributed by atoms with E-state index in [-0.39, 0.29) is 16.7 Å². The molecular weight excluding hydrogens is 476 g/mol. The van der Waals surface area contributed by atoms with Gasteiger partial charge in [0.25, 0.3) is 0 Å². The molecule has 8 nitrogen and oxygen atoms in total. The highest BCUT2D eigenvalue weighted by atomic mass is 32.2. The number of hydrogen-bond acceptors (Lipinski definition) is 6. The van der Waals surface area contributed by atoms with Crippen molar-refractivity contribution in [3.05, 3.63) is 65.7 Å². The normalized spacial score (nSPS) is 19.4. The van der Waals surface area contributed by atoms with Crippen LogP contribution in [0, 0.1) is 12.8 Å². The highest BCUT2D eigenvalue weighted by Gasteiger charge is 2.28. The molecule has 9 heteroatoms. The van der Waals surface area contributed by atoms with Crippen LogP contribution in [0.25, 0.3) is 10.9 Å². The molecule has 1 amide bonds. The van der Waals surface area contributed by atoms with E-state index in [1.807, 2.05) is 37.3 Å². The number of nitrogens with one attached hydrogen (secondary N) is 1. The summed E-state index contributed by atoms with van der Waals surface area (Å²) in [5.41, 5.74) is 3.01. The van der Waals surface area contributed by atoms with Crippen LogP contribution in [-0.2, 0) is 26.1 Å². The Morgan fingerprint density at radius 3 is 2.72 bits per heavy atom. The minimum Gasteiger partial charge on any atom is -0.379 e. The van der Waals surface area contributed by atoms with E-state index in [1.165, 1.54) is 9.87 Å². The smallest absolute Gasteiger partial charge is 0.243 e. The predicted molar refractivity (Wildman–Crippen MR) is 139 cm³/mol. The zero-order chi connectivity index (χ0) is 25.1. The Kier molecular flexibility index (Phi) is 7.22. The number of fused-ring (bicyclic) bond motifs is 1. The number of benzene rings is 2. The lowest BCUT2D eigenvalue weighted by molar-refractivity contribution is -0.125. The van der Waals surface area contributed by atoms with Gasteiger partial charge in [-0.2, -0.15) is 4.31 Å². The van der Waals surface area contributed by atoms with Crippen molar-refractivity contribution in [2.75, 3.05) is 44.3 Å². The number of carbonyl (C=O) groups is 1. The van der Waals surface area contributed by atoms with Crippen LogP contribution in [0.5, 0.6) is 0 Å². The Hall–Kier alpha value is -3.01. The van der Waals surface area contributed by atoms with Crippen molar-refractivity contribution in [3.63, 3.8) is 0 Å². The number of pyridine rings is 1. The zero-order valence-electron chi connectivity index (χ0n) is 20.5. The minimum atomic E-state index is -3.56. The molecule has 36 heavy (non-hydrogen) atoms. The highest BCUT2D eigenvalue weighted by Crippen LogP contribution is 2.27. The van der Waals surface area contributed by atoms with E-state index in [0.717, 1.165) is 41.7 Å². The van der Waals surface area contributed by atoms with Crippen molar-refractivity contribution in [1.29, 1.82) is 0 Å². The fourth-order valence-electron chi connectivity index (χ4n) is 4.92. The van der Waals surface area contributed by atoms with Gasteiger partial charge < -0.3 is 15.0 Å². The number of aryl methyl sites for hydroxylation is 1. The second-order valence-corrected chi connectivity index (χ2v) is 11.5. The monoisotopic (exact) mass is 508 g/mol. The summed E-state index contributed by atoms with van der Waals surface area (Å²) < 4.78 is 32.8. The molecule has 0 unspecified atom stereocenters. The van der Waals surface area contributed by atoms with Gasteiger partial charge in [-0.3, -0.25) is 4.79 Å². The number of morpholine rings is 1. The molecule has 0 radical (unpaired) electrons. The quantitative estimate of drug-likeness (QED) is 0.550. The number of aromatic nitrogens is 1. The first kappa shape index (κ1) is 24.7. The Morgan fingerprint density at radius 2 is 1.92 bits per heavy atom. The number of rotatable bonds is 6. The van der Waals surface area contributed by atoms with Gasteiger partial charge in [-0.1, -0.05) is 29.8 Å². The van der Waals surface area contributed by atoms with Crippen molar-refractivity contribution in [2.45, 2.75) is 31.2 Å². The number of carbonyl (C=O) groups excluding carboxylic acids is 1. The number of nitrogens with zero attached hydrogens (tertiary/aromatic N) is 3. The Bertz CT molecular complexity index is 1350. The molecule has 2 aliphatic heterocycles. The minimum absolute atomic E-state index is 0.0694. The van der Waals surface area contributed by atoms with Gasteiger partial charge in [-0.25, -0.2) is 13.4 Å². The van der Waals surface area contributed by atoms with Crippen LogP contribution in [-0.4, -0.2) is 63.0 Å². The third kappa shape index (κ3) is 5.38. The van der Waals surface area contributed by atoms with Crippen molar-refractivity contribution in [1.82, 2.24) is 14.6 Å². The molecule has 190 valence electrons. The molecule has 2 fully saturated rings. The lowest BCUT2D eigenvalue weighted by atomic mass is 9.97. The van der Waals surface area contributed by atoms with Gasteiger partial charge in [0.15, 0.2) is 0 Å². The summed E-state index contributed by atoms with van der Waals surface area (Å²) in [6, 6.07) is 17.1. The van der Waals surface area contributed by atoms with Crippen LogP contribution in [0.4, 0.5) is 5.82 Å². The molecule has 0 aliphatic carbocycles. The number of amides is 1. The van der Waals surface area contributed by atoms with Crippen LogP contribution in [0.2, 0.25) is 0 Å². The Morgan fingerprint density at radius 1 is 1.08 bits per heavy atom. The molecule has 1 N–H and O–H groups in total. The number of hydrogen-bond donors (Lipinski definition) is 1. The summed E-state index contributed by atoms with van der Waals surface area (Å²) in [4.78, 5) is 20.1. The van der Waals surface area contributed by atoms with Gasteiger partial charge in [0.05, 0.1) is 29.5 Å². The third-order valence-electron chi connectivity index (χ3n) is 6.92. The van der Waals surface area contributed by atoms with Gasteiger partial charge in [-0.15, -0.1) is 0 Å². The Balaban J connectivity index is 1.27. The molecule has 2 aromatic carbocycles. The van der Waals surface area contributed by atoms with E-state index in [1.54, 1.807) is 18.2 Å². The number of anilines is 1. The molecule has 2 saturated heterocycles. The molecule has 0 spiro atoms. The van der Waals surface area contributed by atoms with E-state index in [2.05, 4.69) is 16.3 Å². The third-order valence-corrected chi connectivity index (χ3v) is 8.81. The first-order valence-electron chi connectivity index (χ1n) is 12.5. The van der Waals surface area contributed by atoms with Gasteiger partial charge in [0, 0.05) is 38.1 Å². The van der Waals surface area contributed by atoms with Crippen LogP contribution < -0.4 is 10.2 Å². The van der Waals surface area contributed by atoms with Gasteiger partial charge in [-0.05, 0) is 55.7 Å². The van der Waals surface area contributed by atoms with Crippen LogP contribution >= 0.6 is 0 Å². The van der Waals surface area contributed by atoms with E-state index >= 15 is 0 Å². The van der Waals surface area contributed by atoms with E-state index in [0.29, 0.717) is 39.4 Å². The topological polar surface area (TPSA) is 91.8 Å². The molecule has 5 rings (SSSR count). The zero-order valence-corrected chi connectivity index (χ0v) is 21.3. The van der Waals surface area contributed by atoms with Gasteiger partial charge in [0.2, 0.25) is 15.9 Å². The lowest BCUT2D eigenvalue weighted by Crippen LogP contribution is -2.43. The number of sulfonamides is 1. The molecule has 0 bridgehead atoms. The molecule has 1 atom stereocenters. The van der Waals surface area contributed by atoms with Crippen molar-refractivity contribution in [3.8, 4) is 0 Å². The lowest BCUT2D eigenvalue weighted by Gasteiger charge is -2.33. The van der Waals surface area contributed by atoms with Crippen molar-refractivity contribution >= 4 is 32.7 Å². The fraction of sp³-hybridized carbons (Fsp3) is 0.407. The highest BCUT2D eigenvalue weighted by molar-refractivity contribution is 7.89. The predicted octanol–water partition coefficient (Wildman–Crippen LogP) is 3.10.